The van der Waals surface area contributed by atoms with Crippen molar-refractivity contribution >= 4 is 11.8 Å². The molecule has 1 unspecified atom stereocenters. The smallest absolute Gasteiger partial charge is 0.133 e. The number of nitriles is 1. The molecule has 2 nitrogen and oxygen atoms in total. The molecule has 0 heterocycles. The van der Waals surface area contributed by atoms with Gasteiger partial charge in [0.1, 0.15) is 11.2 Å². The van der Waals surface area contributed by atoms with Crippen LogP contribution in [0.3, 0.4) is 0 Å². The van der Waals surface area contributed by atoms with E-state index in [2.05, 4.69) is 44.4 Å². The van der Waals surface area contributed by atoms with Gasteiger partial charge in [-0.15, -0.1) is 0 Å². The van der Waals surface area contributed by atoms with Crippen LogP contribution in [0.2, 0.25) is 0 Å². The highest BCUT2D eigenvalue weighted by atomic mass is 32.2. The van der Waals surface area contributed by atoms with Gasteiger partial charge in [0.05, 0.1) is 7.11 Å². The molecule has 0 saturated heterocycles. The molecular formula is C16H23NOS. The molecule has 0 saturated carbocycles. The zero-order chi connectivity index (χ0) is 14.3. The molecule has 0 aliphatic heterocycles. The Morgan fingerprint density at radius 1 is 1.37 bits per heavy atom. The number of benzene rings is 1. The number of thiocyanates is 1. The fourth-order valence-electron chi connectivity index (χ4n) is 2.31. The minimum Gasteiger partial charge on any atom is -0.496 e. The van der Waals surface area contributed by atoms with Crippen LogP contribution in [0.4, 0.5) is 0 Å². The van der Waals surface area contributed by atoms with E-state index >= 15 is 0 Å². The lowest BCUT2D eigenvalue weighted by molar-refractivity contribution is 0.407. The van der Waals surface area contributed by atoms with Crippen LogP contribution in [-0.2, 0) is 0 Å². The third-order valence-electron chi connectivity index (χ3n) is 3.47. The number of ether oxygens (including phenoxy) is 1. The third kappa shape index (κ3) is 4.47. The van der Waals surface area contributed by atoms with Crippen molar-refractivity contribution in [1.29, 1.82) is 5.26 Å². The summed E-state index contributed by atoms with van der Waals surface area (Å²) >= 11 is 1.35. The van der Waals surface area contributed by atoms with Crippen molar-refractivity contribution in [3.8, 4) is 11.2 Å². The Morgan fingerprint density at radius 3 is 2.63 bits per heavy atom. The summed E-state index contributed by atoms with van der Waals surface area (Å²) in [4.78, 5) is 0. The molecule has 1 atom stereocenters. The maximum atomic E-state index is 8.60. The van der Waals surface area contributed by atoms with E-state index in [1.165, 1.54) is 22.9 Å². The summed E-state index contributed by atoms with van der Waals surface area (Å²) in [6, 6.07) is 6.51. The van der Waals surface area contributed by atoms with Gasteiger partial charge < -0.3 is 4.74 Å². The van der Waals surface area contributed by atoms with Crippen LogP contribution in [0, 0.1) is 10.7 Å². The topological polar surface area (TPSA) is 33.0 Å². The largest absolute Gasteiger partial charge is 0.496 e. The molecule has 104 valence electrons. The summed E-state index contributed by atoms with van der Waals surface area (Å²) in [5, 5.41) is 10.7. The van der Waals surface area contributed by atoms with Crippen molar-refractivity contribution in [3.63, 3.8) is 0 Å². The van der Waals surface area contributed by atoms with E-state index in [9.17, 15) is 0 Å². The maximum absolute atomic E-state index is 8.60. The van der Waals surface area contributed by atoms with Gasteiger partial charge in [-0.3, -0.25) is 0 Å². The van der Waals surface area contributed by atoms with E-state index in [1.807, 2.05) is 0 Å². The first kappa shape index (κ1) is 15.9. The number of thioether (sulfide) groups is 1. The Labute approximate surface area is 121 Å². The molecule has 0 amide bonds. The van der Waals surface area contributed by atoms with Crippen LogP contribution in [0.5, 0.6) is 5.75 Å². The zero-order valence-electron chi connectivity index (χ0n) is 12.3. The lowest BCUT2D eigenvalue weighted by Gasteiger charge is -2.19. The molecule has 0 aliphatic carbocycles. The van der Waals surface area contributed by atoms with Gasteiger partial charge in [-0.25, -0.2) is 0 Å². The molecule has 0 N–H and O–H groups in total. The van der Waals surface area contributed by atoms with Crippen LogP contribution >= 0.6 is 11.8 Å². The molecule has 0 aliphatic rings. The fourth-order valence-corrected chi connectivity index (χ4v) is 2.80. The Balaban J connectivity index is 2.92. The van der Waals surface area contributed by atoms with Crippen molar-refractivity contribution in [3.05, 3.63) is 29.3 Å². The van der Waals surface area contributed by atoms with Crippen LogP contribution < -0.4 is 4.74 Å². The predicted molar refractivity (Wildman–Crippen MR) is 82.8 cm³/mol. The highest BCUT2D eigenvalue weighted by molar-refractivity contribution is 8.03. The molecule has 0 spiro atoms. The van der Waals surface area contributed by atoms with E-state index in [4.69, 9.17) is 10.00 Å². The van der Waals surface area contributed by atoms with Crippen LogP contribution in [0.25, 0.3) is 0 Å². The third-order valence-corrected chi connectivity index (χ3v) is 4.04. The van der Waals surface area contributed by atoms with Crippen LogP contribution in [-0.4, -0.2) is 12.9 Å². The minimum atomic E-state index is 0.459. The lowest BCUT2D eigenvalue weighted by Crippen LogP contribution is -2.02. The predicted octanol–water partition coefficient (Wildman–Crippen LogP) is 4.92. The molecule has 3 heteroatoms. The van der Waals surface area contributed by atoms with E-state index < -0.39 is 0 Å². The van der Waals surface area contributed by atoms with Gasteiger partial charge in [-0.2, -0.15) is 5.26 Å². The average Bonchev–Trinajstić information content (AvgIpc) is 2.43. The minimum absolute atomic E-state index is 0.459. The molecule has 19 heavy (non-hydrogen) atoms. The van der Waals surface area contributed by atoms with Crippen molar-refractivity contribution in [2.45, 2.75) is 45.4 Å². The standard InChI is InChI=1S/C16H23NOS/c1-5-13(8-9-19-11-17)14-6-7-16(18-4)15(10-14)12(2)3/h6-7,10,12-13H,5,8-9H2,1-4H3. The van der Waals surface area contributed by atoms with Gasteiger partial charge in [0.15, 0.2) is 0 Å². The van der Waals surface area contributed by atoms with E-state index in [-0.39, 0.29) is 0 Å². The van der Waals surface area contributed by atoms with E-state index in [0.717, 1.165) is 24.3 Å². The van der Waals surface area contributed by atoms with Gasteiger partial charge in [0, 0.05) is 5.75 Å². The zero-order valence-corrected chi connectivity index (χ0v) is 13.1. The lowest BCUT2D eigenvalue weighted by atomic mass is 9.90. The number of methoxy groups -OCH3 is 1. The quantitative estimate of drug-likeness (QED) is 0.524. The van der Waals surface area contributed by atoms with Crippen molar-refractivity contribution in [2.24, 2.45) is 0 Å². The Bertz CT molecular complexity index is 437. The van der Waals surface area contributed by atoms with Gasteiger partial charge in [-0.05, 0) is 53.6 Å². The SMILES string of the molecule is CCC(CCSC#N)c1ccc(OC)c(C(C)C)c1. The number of nitrogens with zero attached hydrogens (tertiary/aromatic N) is 1. The van der Waals surface area contributed by atoms with E-state index in [0.29, 0.717) is 11.8 Å². The highest BCUT2D eigenvalue weighted by Gasteiger charge is 2.14. The summed E-state index contributed by atoms with van der Waals surface area (Å²) in [5.41, 5.74) is 2.64. The Morgan fingerprint density at radius 2 is 2.11 bits per heavy atom. The number of rotatable bonds is 7. The van der Waals surface area contributed by atoms with Gasteiger partial charge in [0.2, 0.25) is 0 Å². The summed E-state index contributed by atoms with van der Waals surface area (Å²) < 4.78 is 5.43. The van der Waals surface area contributed by atoms with E-state index in [1.54, 1.807) is 7.11 Å². The number of hydrogen-bond donors (Lipinski definition) is 0. The van der Waals surface area contributed by atoms with Gasteiger partial charge >= 0.3 is 0 Å². The summed E-state index contributed by atoms with van der Waals surface area (Å²) in [6.07, 6.45) is 2.16. The van der Waals surface area contributed by atoms with Crippen molar-refractivity contribution in [2.75, 3.05) is 12.9 Å². The van der Waals surface area contributed by atoms with Crippen molar-refractivity contribution in [1.82, 2.24) is 0 Å². The summed E-state index contributed by atoms with van der Waals surface area (Å²) in [5.74, 6) is 2.86. The maximum Gasteiger partial charge on any atom is 0.133 e. The molecule has 0 radical (unpaired) electrons. The van der Waals surface area contributed by atoms with Crippen LogP contribution in [0.1, 0.15) is 56.6 Å². The van der Waals surface area contributed by atoms with Crippen LogP contribution in [0.15, 0.2) is 18.2 Å². The summed E-state index contributed by atoms with van der Waals surface area (Å²) in [6.45, 7) is 6.59. The Hall–Kier alpha value is -1.14. The molecular weight excluding hydrogens is 254 g/mol. The second-order valence-electron chi connectivity index (χ2n) is 4.99. The average molecular weight is 277 g/mol. The van der Waals surface area contributed by atoms with Crippen molar-refractivity contribution < 1.29 is 4.74 Å². The highest BCUT2D eigenvalue weighted by Crippen LogP contribution is 2.32. The fraction of sp³-hybridized carbons (Fsp3) is 0.562. The number of hydrogen-bond acceptors (Lipinski definition) is 3. The van der Waals surface area contributed by atoms with Gasteiger partial charge in [0.25, 0.3) is 0 Å². The monoisotopic (exact) mass is 277 g/mol. The molecule has 0 bridgehead atoms. The molecule has 1 aromatic rings. The summed E-state index contributed by atoms with van der Waals surface area (Å²) in [7, 11) is 1.72. The molecule has 0 aromatic heterocycles. The first-order valence-corrected chi connectivity index (χ1v) is 7.81. The second-order valence-corrected chi connectivity index (χ2v) is 5.87. The normalized spacial score (nSPS) is 12.2. The molecule has 0 fully saturated rings. The first-order chi connectivity index (χ1) is 9.13. The second kappa shape index (κ2) is 8.12. The Kier molecular flexibility index (Phi) is 6.80. The van der Waals surface area contributed by atoms with Gasteiger partial charge in [-0.1, -0.05) is 32.9 Å². The first-order valence-electron chi connectivity index (χ1n) is 6.82. The molecule has 1 rings (SSSR count). The molecule has 1 aromatic carbocycles.